The standard InChI is InChI=1S/C11H14NO4P/c1-7(13)12-10-5-4-8(17(2,3)16)6-9(10)11(14)15/h4-6H,1-3H3,(H,12,13)(H,14,15). The summed E-state index contributed by atoms with van der Waals surface area (Å²) in [5, 5.41) is 11.9. The van der Waals surface area contributed by atoms with E-state index in [1.165, 1.54) is 19.1 Å². The molecular formula is C11H14NO4P. The highest BCUT2D eigenvalue weighted by Gasteiger charge is 2.17. The van der Waals surface area contributed by atoms with Crippen LogP contribution in [-0.2, 0) is 9.36 Å². The molecule has 0 radical (unpaired) electrons. The van der Waals surface area contributed by atoms with Crippen LogP contribution < -0.4 is 10.6 Å². The second-order valence-electron chi connectivity index (χ2n) is 4.07. The maximum Gasteiger partial charge on any atom is 0.337 e. The van der Waals surface area contributed by atoms with Crippen molar-refractivity contribution in [2.24, 2.45) is 0 Å². The van der Waals surface area contributed by atoms with Gasteiger partial charge in [0.15, 0.2) is 0 Å². The second kappa shape index (κ2) is 4.72. The summed E-state index contributed by atoms with van der Waals surface area (Å²) in [6, 6.07) is 4.37. The Morgan fingerprint density at radius 1 is 1.29 bits per heavy atom. The number of anilines is 1. The van der Waals surface area contributed by atoms with Gasteiger partial charge in [0.25, 0.3) is 0 Å². The van der Waals surface area contributed by atoms with Crippen molar-refractivity contribution in [1.29, 1.82) is 0 Å². The van der Waals surface area contributed by atoms with E-state index < -0.39 is 13.1 Å². The van der Waals surface area contributed by atoms with Crippen LogP contribution in [0.1, 0.15) is 17.3 Å². The molecule has 5 nitrogen and oxygen atoms in total. The van der Waals surface area contributed by atoms with Gasteiger partial charge in [0, 0.05) is 12.2 Å². The molecule has 2 N–H and O–H groups in total. The molecule has 1 aromatic rings. The van der Waals surface area contributed by atoms with Crippen LogP contribution in [-0.4, -0.2) is 30.3 Å². The van der Waals surface area contributed by atoms with Gasteiger partial charge in [-0.25, -0.2) is 4.79 Å². The lowest BCUT2D eigenvalue weighted by molar-refractivity contribution is -0.114. The summed E-state index contributed by atoms with van der Waals surface area (Å²) in [4.78, 5) is 22.0. The SMILES string of the molecule is CC(=O)Nc1ccc(P(C)(C)=O)cc1C(=O)O. The molecule has 0 atom stereocenters. The van der Waals surface area contributed by atoms with Crippen LogP contribution >= 0.6 is 7.14 Å². The smallest absolute Gasteiger partial charge is 0.337 e. The first kappa shape index (κ1) is 13.5. The Morgan fingerprint density at radius 3 is 2.29 bits per heavy atom. The van der Waals surface area contributed by atoms with Crippen LogP contribution in [0.2, 0.25) is 0 Å². The van der Waals surface area contributed by atoms with Gasteiger partial charge in [-0.15, -0.1) is 0 Å². The highest BCUT2D eigenvalue weighted by Crippen LogP contribution is 2.35. The van der Waals surface area contributed by atoms with Gasteiger partial charge in [-0.1, -0.05) is 0 Å². The minimum absolute atomic E-state index is 0.0541. The lowest BCUT2D eigenvalue weighted by Gasteiger charge is -2.11. The Hall–Kier alpha value is -1.61. The van der Waals surface area contributed by atoms with Crippen LogP contribution in [0.25, 0.3) is 0 Å². The molecule has 0 heterocycles. The number of benzene rings is 1. The van der Waals surface area contributed by atoms with Crippen LogP contribution in [0, 0.1) is 0 Å². The zero-order chi connectivity index (χ0) is 13.2. The van der Waals surface area contributed by atoms with E-state index in [1.807, 2.05) is 0 Å². The molecule has 1 amide bonds. The second-order valence-corrected chi connectivity index (χ2v) is 7.29. The fraction of sp³-hybridized carbons (Fsp3) is 0.273. The Bertz CT molecular complexity index is 518. The van der Waals surface area contributed by atoms with E-state index >= 15 is 0 Å². The van der Waals surface area contributed by atoms with Crippen molar-refractivity contribution < 1.29 is 19.3 Å². The van der Waals surface area contributed by atoms with Crippen LogP contribution in [0.15, 0.2) is 18.2 Å². The van der Waals surface area contributed by atoms with Crippen molar-refractivity contribution in [1.82, 2.24) is 0 Å². The van der Waals surface area contributed by atoms with Gasteiger partial charge < -0.3 is 15.0 Å². The Balaban J connectivity index is 3.32. The summed E-state index contributed by atoms with van der Waals surface area (Å²) in [7, 11) is -2.51. The topological polar surface area (TPSA) is 83.5 Å². The summed E-state index contributed by atoms with van der Waals surface area (Å²) in [5.41, 5.74) is 0.156. The Kier molecular flexibility index (Phi) is 3.73. The molecule has 17 heavy (non-hydrogen) atoms. The maximum absolute atomic E-state index is 11.8. The van der Waals surface area contributed by atoms with Gasteiger partial charge >= 0.3 is 5.97 Å². The van der Waals surface area contributed by atoms with E-state index in [0.717, 1.165) is 0 Å². The highest BCUT2D eigenvalue weighted by molar-refractivity contribution is 7.70. The number of rotatable bonds is 3. The predicted octanol–water partition coefficient (Wildman–Crippen LogP) is 1.59. The van der Waals surface area contributed by atoms with Crippen molar-refractivity contribution in [2.75, 3.05) is 18.6 Å². The van der Waals surface area contributed by atoms with E-state index in [-0.39, 0.29) is 17.2 Å². The largest absolute Gasteiger partial charge is 0.478 e. The lowest BCUT2D eigenvalue weighted by Crippen LogP contribution is -2.14. The maximum atomic E-state index is 11.8. The van der Waals surface area contributed by atoms with Gasteiger partial charge in [-0.2, -0.15) is 0 Å². The van der Waals surface area contributed by atoms with Crippen molar-refractivity contribution >= 4 is 30.0 Å². The number of nitrogens with one attached hydrogen (secondary N) is 1. The number of hydrogen-bond donors (Lipinski definition) is 2. The van der Waals surface area contributed by atoms with Gasteiger partial charge in [0.2, 0.25) is 5.91 Å². The average Bonchev–Trinajstić information content (AvgIpc) is 2.15. The third-order valence-corrected chi connectivity index (χ3v) is 3.69. The van der Waals surface area contributed by atoms with Gasteiger partial charge in [0.05, 0.1) is 11.3 Å². The Labute approximate surface area is 99.2 Å². The fourth-order valence-corrected chi connectivity index (χ4v) is 2.22. The molecule has 0 bridgehead atoms. The number of carbonyl (C=O) groups is 2. The molecule has 0 saturated carbocycles. The summed E-state index contributed by atoms with van der Waals surface area (Å²) in [5.74, 6) is -1.51. The van der Waals surface area contributed by atoms with Gasteiger partial charge in [-0.3, -0.25) is 4.79 Å². The van der Waals surface area contributed by atoms with Crippen molar-refractivity contribution in [3.63, 3.8) is 0 Å². The number of aromatic carboxylic acids is 1. The third kappa shape index (κ3) is 3.43. The molecule has 1 rings (SSSR count). The number of carboxylic acid groups (broad SMARTS) is 1. The normalized spacial score (nSPS) is 11.0. The number of carboxylic acids is 1. The Morgan fingerprint density at radius 2 is 1.88 bits per heavy atom. The number of hydrogen-bond acceptors (Lipinski definition) is 3. The molecule has 0 aliphatic rings. The molecule has 92 valence electrons. The van der Waals surface area contributed by atoms with Crippen LogP contribution in [0.5, 0.6) is 0 Å². The van der Waals surface area contributed by atoms with E-state index in [0.29, 0.717) is 5.30 Å². The van der Waals surface area contributed by atoms with E-state index in [4.69, 9.17) is 5.11 Å². The monoisotopic (exact) mass is 255 g/mol. The molecule has 0 fully saturated rings. The third-order valence-electron chi connectivity index (χ3n) is 2.17. The molecule has 0 aromatic heterocycles. The number of amides is 1. The summed E-state index contributed by atoms with van der Waals surface area (Å²) >= 11 is 0. The lowest BCUT2D eigenvalue weighted by atomic mass is 10.2. The highest BCUT2D eigenvalue weighted by atomic mass is 31.2. The molecule has 0 unspecified atom stereocenters. The van der Waals surface area contributed by atoms with E-state index in [1.54, 1.807) is 19.4 Å². The van der Waals surface area contributed by atoms with E-state index in [2.05, 4.69) is 5.32 Å². The van der Waals surface area contributed by atoms with Crippen molar-refractivity contribution in [3.8, 4) is 0 Å². The van der Waals surface area contributed by atoms with Crippen molar-refractivity contribution in [3.05, 3.63) is 23.8 Å². The molecule has 0 saturated heterocycles. The zero-order valence-corrected chi connectivity index (χ0v) is 10.7. The molecule has 1 aromatic carbocycles. The molecule has 0 aliphatic heterocycles. The summed E-state index contributed by atoms with van der Waals surface area (Å²) in [6.45, 7) is 4.42. The van der Waals surface area contributed by atoms with E-state index in [9.17, 15) is 14.2 Å². The quantitative estimate of drug-likeness (QED) is 0.803. The predicted molar refractivity (Wildman–Crippen MR) is 66.8 cm³/mol. The minimum Gasteiger partial charge on any atom is -0.478 e. The van der Waals surface area contributed by atoms with Gasteiger partial charge in [-0.05, 0) is 31.5 Å². The first-order chi connectivity index (χ1) is 7.71. The first-order valence-corrected chi connectivity index (χ1v) is 7.52. The van der Waals surface area contributed by atoms with Crippen LogP contribution in [0.3, 0.4) is 0 Å². The van der Waals surface area contributed by atoms with Crippen molar-refractivity contribution in [2.45, 2.75) is 6.92 Å². The number of carbonyl (C=O) groups excluding carboxylic acids is 1. The fourth-order valence-electron chi connectivity index (χ4n) is 1.34. The first-order valence-electron chi connectivity index (χ1n) is 4.92. The minimum atomic E-state index is -2.51. The molecule has 0 spiro atoms. The molecule has 0 aliphatic carbocycles. The van der Waals surface area contributed by atoms with Crippen LogP contribution in [0.4, 0.5) is 5.69 Å². The summed E-state index contributed by atoms with van der Waals surface area (Å²) in [6.07, 6.45) is 0. The average molecular weight is 255 g/mol. The van der Waals surface area contributed by atoms with Gasteiger partial charge in [0.1, 0.15) is 7.14 Å². The summed E-state index contributed by atoms with van der Waals surface area (Å²) < 4.78 is 11.8. The molecule has 6 heteroatoms. The zero-order valence-electron chi connectivity index (χ0n) is 9.85. The molecular weight excluding hydrogens is 241 g/mol.